The van der Waals surface area contributed by atoms with Gasteiger partial charge in [-0.25, -0.2) is 0 Å². The Kier molecular flexibility index (Phi) is 4.27. The van der Waals surface area contributed by atoms with Gasteiger partial charge in [0.15, 0.2) is 5.76 Å². The minimum Gasteiger partial charge on any atom is -0.489 e. The second-order valence-corrected chi connectivity index (χ2v) is 6.40. The van der Waals surface area contributed by atoms with Crippen LogP contribution in [0.25, 0.3) is 6.08 Å². The Hall–Kier alpha value is -2.98. The summed E-state index contributed by atoms with van der Waals surface area (Å²) in [6.07, 6.45) is 1.60. The summed E-state index contributed by atoms with van der Waals surface area (Å²) in [6, 6.07) is 16.3. The maximum atomic E-state index is 12.4. The second kappa shape index (κ2) is 6.73. The number of allylic oxidation sites excluding steroid dienone is 1. The Morgan fingerprint density at radius 2 is 2.00 bits per heavy atom. The third kappa shape index (κ3) is 3.37. The highest BCUT2D eigenvalue weighted by Gasteiger charge is 2.28. The molecule has 3 aromatic rings. The van der Waals surface area contributed by atoms with Crippen LogP contribution in [0.3, 0.4) is 0 Å². The number of carbonyl (C=O) groups excluding carboxylic acids is 1. The molecule has 0 saturated heterocycles. The molecule has 130 valence electrons. The molecule has 0 spiro atoms. The number of aryl methyl sites for hydroxylation is 1. The zero-order valence-corrected chi connectivity index (χ0v) is 14.7. The summed E-state index contributed by atoms with van der Waals surface area (Å²) >= 11 is 5.98. The molecule has 0 saturated carbocycles. The van der Waals surface area contributed by atoms with Crippen molar-refractivity contribution in [2.75, 3.05) is 0 Å². The van der Waals surface area contributed by atoms with E-state index in [4.69, 9.17) is 25.5 Å². The fraction of sp³-hybridized carbons (Fsp3) is 0.0952. The maximum absolute atomic E-state index is 12.4. The lowest BCUT2D eigenvalue weighted by Crippen LogP contribution is -1.97. The van der Waals surface area contributed by atoms with Crippen LogP contribution < -0.4 is 9.47 Å². The van der Waals surface area contributed by atoms with Crippen molar-refractivity contribution in [2.45, 2.75) is 13.5 Å². The topological polar surface area (TPSA) is 48.7 Å². The normalized spacial score (nSPS) is 14.4. The lowest BCUT2D eigenvalue weighted by atomic mass is 10.1. The van der Waals surface area contributed by atoms with Crippen LogP contribution in [0.4, 0.5) is 0 Å². The van der Waals surface area contributed by atoms with Gasteiger partial charge in [-0.15, -0.1) is 0 Å². The van der Waals surface area contributed by atoms with E-state index in [1.165, 1.54) is 0 Å². The van der Waals surface area contributed by atoms with Crippen molar-refractivity contribution in [1.82, 2.24) is 0 Å². The monoisotopic (exact) mass is 366 g/mol. The first-order valence-corrected chi connectivity index (χ1v) is 8.48. The van der Waals surface area contributed by atoms with Gasteiger partial charge in [0.2, 0.25) is 5.78 Å². The maximum Gasteiger partial charge on any atom is 0.232 e. The van der Waals surface area contributed by atoms with E-state index in [1.807, 2.05) is 37.3 Å². The molecule has 0 amide bonds. The van der Waals surface area contributed by atoms with Crippen LogP contribution in [0, 0.1) is 6.92 Å². The molecule has 0 fully saturated rings. The molecule has 0 aliphatic carbocycles. The van der Waals surface area contributed by atoms with E-state index in [0.29, 0.717) is 34.5 Å². The highest BCUT2D eigenvalue weighted by molar-refractivity contribution is 6.30. The molecule has 2 heterocycles. The predicted octanol–water partition coefficient (Wildman–Crippen LogP) is 5.44. The van der Waals surface area contributed by atoms with E-state index in [0.717, 1.165) is 11.3 Å². The van der Waals surface area contributed by atoms with E-state index in [2.05, 4.69) is 0 Å². The molecule has 1 aromatic heterocycles. The van der Waals surface area contributed by atoms with Gasteiger partial charge in [0.1, 0.15) is 29.6 Å². The Bertz CT molecular complexity index is 1020. The molecular formula is C21H15ClO4. The SMILES string of the molecule is Cc1ccc(/C=C2\Oc3cc(OCc4cccc(Cl)c4)ccc3C2=O)o1. The molecule has 26 heavy (non-hydrogen) atoms. The van der Waals surface area contributed by atoms with Crippen LogP contribution in [0.1, 0.15) is 27.4 Å². The van der Waals surface area contributed by atoms with E-state index < -0.39 is 0 Å². The average molecular weight is 367 g/mol. The van der Waals surface area contributed by atoms with Gasteiger partial charge < -0.3 is 13.9 Å². The van der Waals surface area contributed by atoms with Crippen LogP contribution in [-0.2, 0) is 6.61 Å². The van der Waals surface area contributed by atoms with Crippen LogP contribution in [0.2, 0.25) is 5.02 Å². The first kappa shape index (κ1) is 16.5. The number of Topliss-reactive ketones (excluding diaryl/α,β-unsaturated/α-hetero) is 1. The van der Waals surface area contributed by atoms with Crippen molar-refractivity contribution in [1.29, 1.82) is 0 Å². The smallest absolute Gasteiger partial charge is 0.232 e. The predicted molar refractivity (Wildman–Crippen MR) is 98.6 cm³/mol. The number of rotatable bonds is 4. The molecule has 1 aliphatic heterocycles. The summed E-state index contributed by atoms with van der Waals surface area (Å²) in [5, 5.41) is 0.664. The fourth-order valence-corrected chi connectivity index (χ4v) is 2.92. The number of halogens is 1. The number of furan rings is 1. The molecule has 0 unspecified atom stereocenters. The minimum absolute atomic E-state index is 0.171. The van der Waals surface area contributed by atoms with Gasteiger partial charge in [-0.1, -0.05) is 23.7 Å². The number of hydrogen-bond acceptors (Lipinski definition) is 4. The van der Waals surface area contributed by atoms with Gasteiger partial charge in [0, 0.05) is 17.2 Å². The molecule has 4 nitrogen and oxygen atoms in total. The van der Waals surface area contributed by atoms with Crippen molar-refractivity contribution in [3.63, 3.8) is 0 Å². The summed E-state index contributed by atoms with van der Waals surface area (Å²) in [4.78, 5) is 12.4. The van der Waals surface area contributed by atoms with Gasteiger partial charge in [-0.05, 0) is 48.9 Å². The number of fused-ring (bicyclic) bond motifs is 1. The van der Waals surface area contributed by atoms with E-state index in [-0.39, 0.29) is 11.5 Å². The third-order valence-electron chi connectivity index (χ3n) is 3.97. The molecule has 0 bridgehead atoms. The molecule has 2 aromatic carbocycles. The number of benzene rings is 2. The van der Waals surface area contributed by atoms with E-state index in [1.54, 1.807) is 30.3 Å². The molecule has 5 heteroatoms. The van der Waals surface area contributed by atoms with Gasteiger partial charge in [-0.3, -0.25) is 4.79 Å². The van der Waals surface area contributed by atoms with Crippen molar-refractivity contribution in [3.8, 4) is 11.5 Å². The largest absolute Gasteiger partial charge is 0.489 e. The molecular weight excluding hydrogens is 352 g/mol. The number of ketones is 1. The van der Waals surface area contributed by atoms with Crippen molar-refractivity contribution in [2.24, 2.45) is 0 Å². The highest BCUT2D eigenvalue weighted by Crippen LogP contribution is 2.35. The third-order valence-corrected chi connectivity index (χ3v) is 4.21. The number of ether oxygens (including phenoxy) is 2. The Morgan fingerprint density at radius 1 is 1.12 bits per heavy atom. The number of hydrogen-bond donors (Lipinski definition) is 0. The molecule has 0 N–H and O–H groups in total. The summed E-state index contributed by atoms with van der Waals surface area (Å²) < 4.78 is 16.9. The molecule has 0 radical (unpaired) electrons. The first-order valence-electron chi connectivity index (χ1n) is 8.10. The van der Waals surface area contributed by atoms with Crippen LogP contribution in [0.15, 0.2) is 64.8 Å². The van der Waals surface area contributed by atoms with Gasteiger partial charge in [-0.2, -0.15) is 0 Å². The summed E-state index contributed by atoms with van der Waals surface area (Å²) in [5.74, 6) is 2.52. The summed E-state index contributed by atoms with van der Waals surface area (Å²) in [7, 11) is 0. The van der Waals surface area contributed by atoms with E-state index >= 15 is 0 Å². The average Bonchev–Trinajstić information content (AvgIpc) is 3.17. The van der Waals surface area contributed by atoms with Gasteiger partial charge in [0.25, 0.3) is 0 Å². The van der Waals surface area contributed by atoms with Crippen LogP contribution in [0.5, 0.6) is 11.5 Å². The van der Waals surface area contributed by atoms with Crippen molar-refractivity contribution < 1.29 is 18.7 Å². The Labute approximate surface area is 155 Å². The standard InChI is InChI=1S/C21H15ClO4/c1-13-5-6-17(25-13)11-20-21(23)18-8-7-16(10-19(18)26-20)24-12-14-3-2-4-15(22)9-14/h2-11H,12H2,1H3/b20-11-. The zero-order valence-electron chi connectivity index (χ0n) is 14.0. The lowest BCUT2D eigenvalue weighted by molar-refractivity contribution is 0.101. The second-order valence-electron chi connectivity index (χ2n) is 5.96. The Morgan fingerprint density at radius 3 is 2.77 bits per heavy atom. The fourth-order valence-electron chi connectivity index (χ4n) is 2.71. The molecule has 4 rings (SSSR count). The Balaban J connectivity index is 1.51. The van der Waals surface area contributed by atoms with Crippen molar-refractivity contribution in [3.05, 3.63) is 88.0 Å². The minimum atomic E-state index is -0.171. The van der Waals surface area contributed by atoms with Gasteiger partial charge in [0.05, 0.1) is 5.56 Å². The quantitative estimate of drug-likeness (QED) is 0.577. The first-order chi connectivity index (χ1) is 12.6. The van der Waals surface area contributed by atoms with Gasteiger partial charge >= 0.3 is 0 Å². The van der Waals surface area contributed by atoms with Crippen LogP contribution >= 0.6 is 11.6 Å². The highest BCUT2D eigenvalue weighted by atomic mass is 35.5. The number of carbonyl (C=O) groups is 1. The zero-order chi connectivity index (χ0) is 18.1. The van der Waals surface area contributed by atoms with E-state index in [9.17, 15) is 4.79 Å². The summed E-state index contributed by atoms with van der Waals surface area (Å²) in [6.45, 7) is 2.22. The van der Waals surface area contributed by atoms with Crippen LogP contribution in [-0.4, -0.2) is 5.78 Å². The lowest BCUT2D eigenvalue weighted by Gasteiger charge is -2.07. The molecule has 0 atom stereocenters. The molecule has 1 aliphatic rings. The van der Waals surface area contributed by atoms with Crippen molar-refractivity contribution >= 4 is 23.5 Å². The summed E-state index contributed by atoms with van der Waals surface area (Å²) in [5.41, 5.74) is 1.47.